The lowest BCUT2D eigenvalue weighted by Gasteiger charge is -2.15. The van der Waals surface area contributed by atoms with Crippen LogP contribution < -0.4 is 10.6 Å². The van der Waals surface area contributed by atoms with Crippen LogP contribution in [0.4, 0.5) is 4.79 Å². The summed E-state index contributed by atoms with van der Waals surface area (Å²) < 4.78 is 5.30. The Bertz CT molecular complexity index is 532. The number of aryl methyl sites for hydroxylation is 1. The van der Waals surface area contributed by atoms with E-state index in [2.05, 4.69) is 17.6 Å². The van der Waals surface area contributed by atoms with Crippen molar-refractivity contribution in [1.29, 1.82) is 0 Å². The number of aromatic carboxylic acids is 1. The van der Waals surface area contributed by atoms with Crippen molar-refractivity contribution in [3.05, 3.63) is 23.2 Å². The van der Waals surface area contributed by atoms with Gasteiger partial charge in [0.05, 0.1) is 6.54 Å². The Balaban J connectivity index is 1.76. The maximum absolute atomic E-state index is 11.7. The average molecular weight is 294 g/mol. The number of hydrogen-bond acceptors (Lipinski definition) is 3. The van der Waals surface area contributed by atoms with E-state index in [9.17, 15) is 9.59 Å². The van der Waals surface area contributed by atoms with Crippen LogP contribution in [0, 0.1) is 12.3 Å². The summed E-state index contributed by atoms with van der Waals surface area (Å²) in [6.07, 6.45) is 4.64. The third kappa shape index (κ3) is 4.00. The highest BCUT2D eigenvalue weighted by Gasteiger charge is 2.41. The molecular formula is C15H22N2O4. The van der Waals surface area contributed by atoms with Crippen LogP contribution in [0.5, 0.6) is 0 Å². The van der Waals surface area contributed by atoms with E-state index in [0.717, 1.165) is 12.8 Å². The second-order valence-corrected chi connectivity index (χ2v) is 5.77. The van der Waals surface area contributed by atoms with Gasteiger partial charge in [0.2, 0.25) is 0 Å². The first-order valence-corrected chi connectivity index (χ1v) is 7.30. The second-order valence-electron chi connectivity index (χ2n) is 5.77. The summed E-state index contributed by atoms with van der Waals surface area (Å²) in [7, 11) is 0. The van der Waals surface area contributed by atoms with E-state index in [4.69, 9.17) is 9.52 Å². The lowest BCUT2D eigenvalue weighted by atomic mass is 10.0. The average Bonchev–Trinajstić information content (AvgIpc) is 3.09. The molecule has 1 aliphatic rings. The molecule has 0 bridgehead atoms. The van der Waals surface area contributed by atoms with Crippen LogP contribution in [0.25, 0.3) is 0 Å². The molecule has 116 valence electrons. The fourth-order valence-electron chi connectivity index (χ4n) is 2.56. The molecule has 0 saturated heterocycles. The van der Waals surface area contributed by atoms with Crippen LogP contribution in [0.15, 0.2) is 10.5 Å². The van der Waals surface area contributed by atoms with Gasteiger partial charge >= 0.3 is 12.0 Å². The minimum absolute atomic E-state index is 0.132. The highest BCUT2D eigenvalue weighted by Crippen LogP contribution is 2.48. The van der Waals surface area contributed by atoms with E-state index >= 15 is 0 Å². The zero-order valence-electron chi connectivity index (χ0n) is 12.5. The van der Waals surface area contributed by atoms with Crippen LogP contribution in [0.1, 0.15) is 54.5 Å². The molecule has 1 aromatic heterocycles. The number of carbonyl (C=O) groups excluding carboxylic acids is 1. The number of nitrogens with one attached hydrogen (secondary N) is 2. The van der Waals surface area contributed by atoms with Gasteiger partial charge in [-0.3, -0.25) is 0 Å². The Hall–Kier alpha value is -1.98. The summed E-state index contributed by atoms with van der Waals surface area (Å²) in [5.41, 5.74) is 0.441. The van der Waals surface area contributed by atoms with Crippen LogP contribution in [-0.2, 0) is 6.54 Å². The highest BCUT2D eigenvalue weighted by molar-refractivity contribution is 5.88. The largest absolute Gasteiger partial charge is 0.478 e. The molecule has 0 spiro atoms. The molecule has 1 fully saturated rings. The van der Waals surface area contributed by atoms with Crippen LogP contribution in [0.2, 0.25) is 0 Å². The zero-order valence-corrected chi connectivity index (χ0v) is 12.5. The Morgan fingerprint density at radius 2 is 2.10 bits per heavy atom. The number of rotatable bonds is 7. The predicted octanol–water partition coefficient (Wildman–Crippen LogP) is 2.67. The van der Waals surface area contributed by atoms with Gasteiger partial charge in [-0.2, -0.15) is 0 Å². The van der Waals surface area contributed by atoms with Crippen molar-refractivity contribution >= 4 is 12.0 Å². The minimum Gasteiger partial charge on any atom is -0.478 e. The monoisotopic (exact) mass is 294 g/mol. The number of furan rings is 1. The molecule has 1 aliphatic carbocycles. The van der Waals surface area contributed by atoms with Gasteiger partial charge in [-0.1, -0.05) is 13.3 Å². The van der Waals surface area contributed by atoms with Gasteiger partial charge in [0, 0.05) is 6.54 Å². The summed E-state index contributed by atoms with van der Waals surface area (Å²) in [5.74, 6) is -0.239. The van der Waals surface area contributed by atoms with Crippen molar-refractivity contribution in [2.24, 2.45) is 5.41 Å². The third-order valence-electron chi connectivity index (χ3n) is 3.98. The van der Waals surface area contributed by atoms with Crippen LogP contribution in [0.3, 0.4) is 0 Å². The summed E-state index contributed by atoms with van der Waals surface area (Å²) >= 11 is 0. The smallest absolute Gasteiger partial charge is 0.339 e. The highest BCUT2D eigenvalue weighted by atomic mass is 16.4. The molecule has 1 heterocycles. The molecule has 6 nitrogen and oxygen atoms in total. The molecule has 3 N–H and O–H groups in total. The number of carbonyl (C=O) groups is 2. The van der Waals surface area contributed by atoms with Crippen molar-refractivity contribution in [3.63, 3.8) is 0 Å². The van der Waals surface area contributed by atoms with Crippen LogP contribution >= 0.6 is 0 Å². The Morgan fingerprint density at radius 3 is 2.62 bits per heavy atom. The van der Waals surface area contributed by atoms with Crippen molar-refractivity contribution in [2.45, 2.75) is 46.1 Å². The first-order valence-electron chi connectivity index (χ1n) is 7.30. The van der Waals surface area contributed by atoms with Crippen molar-refractivity contribution in [1.82, 2.24) is 10.6 Å². The van der Waals surface area contributed by atoms with Gasteiger partial charge in [0.1, 0.15) is 17.1 Å². The molecule has 2 rings (SSSR count). The summed E-state index contributed by atoms with van der Waals surface area (Å²) in [6.45, 7) is 4.62. The van der Waals surface area contributed by atoms with Crippen LogP contribution in [-0.4, -0.2) is 23.7 Å². The van der Waals surface area contributed by atoms with Crippen molar-refractivity contribution in [3.8, 4) is 0 Å². The number of carboxylic acid groups (broad SMARTS) is 1. The maximum atomic E-state index is 11.7. The first kappa shape index (κ1) is 15.4. The standard InChI is InChI=1S/C15H22N2O4/c1-3-4-15(5-6-15)9-17-14(20)16-8-11-7-12(13(18)19)10(2)21-11/h7H,3-6,8-9H2,1-2H3,(H,18,19)(H2,16,17,20). The molecule has 21 heavy (non-hydrogen) atoms. The van der Waals surface area contributed by atoms with E-state index < -0.39 is 5.97 Å². The molecule has 0 aromatic carbocycles. The van der Waals surface area contributed by atoms with Gasteiger partial charge in [-0.25, -0.2) is 9.59 Å². The molecule has 0 radical (unpaired) electrons. The molecule has 1 aromatic rings. The fraction of sp³-hybridized carbons (Fsp3) is 0.600. The van der Waals surface area contributed by atoms with Gasteiger partial charge in [-0.05, 0) is 37.7 Å². The molecular weight excluding hydrogens is 272 g/mol. The molecule has 1 saturated carbocycles. The molecule has 2 amide bonds. The fourth-order valence-corrected chi connectivity index (χ4v) is 2.56. The lowest BCUT2D eigenvalue weighted by molar-refractivity contribution is 0.0695. The van der Waals surface area contributed by atoms with Gasteiger partial charge in [0.15, 0.2) is 0 Å². The Labute approximate surface area is 123 Å². The Kier molecular flexibility index (Phi) is 4.55. The molecule has 0 aliphatic heterocycles. The van der Waals surface area contributed by atoms with Crippen molar-refractivity contribution in [2.75, 3.05) is 6.54 Å². The number of amides is 2. The van der Waals surface area contributed by atoms with Gasteiger partial charge in [0.25, 0.3) is 0 Å². The summed E-state index contributed by atoms with van der Waals surface area (Å²) in [5, 5.41) is 14.5. The third-order valence-corrected chi connectivity index (χ3v) is 3.98. The zero-order chi connectivity index (χ0) is 15.5. The molecule has 0 atom stereocenters. The molecule has 0 unspecified atom stereocenters. The number of carboxylic acids is 1. The molecule has 6 heteroatoms. The Morgan fingerprint density at radius 1 is 1.38 bits per heavy atom. The van der Waals surface area contributed by atoms with E-state index in [1.165, 1.54) is 18.9 Å². The van der Waals surface area contributed by atoms with E-state index in [1.807, 2.05) is 0 Å². The van der Waals surface area contributed by atoms with E-state index in [-0.39, 0.29) is 18.1 Å². The number of urea groups is 1. The van der Waals surface area contributed by atoms with E-state index in [1.54, 1.807) is 6.92 Å². The topological polar surface area (TPSA) is 91.6 Å². The lowest BCUT2D eigenvalue weighted by Crippen LogP contribution is -2.38. The SMILES string of the molecule is CCCC1(CNC(=O)NCc2cc(C(=O)O)c(C)o2)CC1. The first-order chi connectivity index (χ1) is 9.96. The summed E-state index contributed by atoms with van der Waals surface area (Å²) in [6, 6.07) is 1.19. The predicted molar refractivity (Wildman–Crippen MR) is 77.2 cm³/mol. The number of hydrogen-bond donors (Lipinski definition) is 3. The maximum Gasteiger partial charge on any atom is 0.339 e. The quantitative estimate of drug-likeness (QED) is 0.721. The van der Waals surface area contributed by atoms with Gasteiger partial charge < -0.3 is 20.2 Å². The second kappa shape index (κ2) is 6.20. The summed E-state index contributed by atoms with van der Waals surface area (Å²) in [4.78, 5) is 22.6. The van der Waals surface area contributed by atoms with Gasteiger partial charge in [-0.15, -0.1) is 0 Å². The minimum atomic E-state index is -1.03. The normalized spacial score (nSPS) is 15.5. The van der Waals surface area contributed by atoms with Crippen molar-refractivity contribution < 1.29 is 19.1 Å². The van der Waals surface area contributed by atoms with E-state index in [0.29, 0.717) is 23.5 Å².